The maximum atomic E-state index is 8.99. The predicted molar refractivity (Wildman–Crippen MR) is 73.8 cm³/mol. The van der Waals surface area contributed by atoms with Crippen LogP contribution in [0.25, 0.3) is 5.69 Å². The fraction of sp³-hybridized carbons (Fsp3) is 0.467. The zero-order valence-electron chi connectivity index (χ0n) is 11.8. The van der Waals surface area contributed by atoms with Gasteiger partial charge in [-0.15, -0.1) is 4.68 Å². The Labute approximate surface area is 114 Å². The van der Waals surface area contributed by atoms with Crippen LogP contribution < -0.4 is 4.68 Å². The number of aromatic amines is 1. The Balaban J connectivity index is 2.06. The maximum absolute atomic E-state index is 8.99. The fourth-order valence-electron chi connectivity index (χ4n) is 1.88. The van der Waals surface area contributed by atoms with Gasteiger partial charge in [0.1, 0.15) is 6.61 Å². The number of hydrogen-bond donors (Lipinski definition) is 2. The van der Waals surface area contributed by atoms with E-state index in [-0.39, 0.29) is 6.61 Å². The van der Waals surface area contributed by atoms with Crippen LogP contribution in [0.5, 0.6) is 0 Å². The van der Waals surface area contributed by atoms with Crippen LogP contribution in [-0.4, -0.2) is 15.4 Å². The lowest BCUT2D eigenvalue weighted by Gasteiger charge is -2.17. The molecule has 0 radical (unpaired) electrons. The fourth-order valence-corrected chi connectivity index (χ4v) is 1.88. The summed E-state index contributed by atoms with van der Waals surface area (Å²) in [6, 6.07) is 8.43. The first-order valence-electron chi connectivity index (χ1n) is 6.64. The van der Waals surface area contributed by atoms with Gasteiger partial charge in [-0.2, -0.15) is 0 Å². The van der Waals surface area contributed by atoms with Gasteiger partial charge in [-0.25, -0.2) is 0 Å². The molecular weight excluding hydrogens is 238 g/mol. The molecule has 0 atom stereocenters. The van der Waals surface area contributed by atoms with Crippen molar-refractivity contribution in [1.82, 2.24) is 10.3 Å². The molecule has 4 heteroatoms. The van der Waals surface area contributed by atoms with Gasteiger partial charge < -0.3 is 5.11 Å². The molecule has 0 spiro atoms. The molecule has 102 valence electrons. The molecule has 0 aliphatic carbocycles. The summed E-state index contributed by atoms with van der Waals surface area (Å²) < 4.78 is 1.80. The van der Waals surface area contributed by atoms with Crippen LogP contribution in [0.3, 0.4) is 0 Å². The second kappa shape index (κ2) is 5.53. The summed E-state index contributed by atoms with van der Waals surface area (Å²) in [6.45, 7) is 6.74. The Morgan fingerprint density at radius 3 is 2.42 bits per heavy atom. The molecule has 1 aromatic carbocycles. The number of nitrogens with zero attached hydrogens (tertiary/aromatic N) is 2. The Hall–Kier alpha value is -1.68. The van der Waals surface area contributed by atoms with E-state index in [0.29, 0.717) is 11.1 Å². The largest absolute Gasteiger partial charge is 0.387 e. The summed E-state index contributed by atoms with van der Waals surface area (Å²) in [7, 11) is 0. The highest BCUT2D eigenvalue weighted by atomic mass is 16.3. The van der Waals surface area contributed by atoms with Gasteiger partial charge in [0.2, 0.25) is 5.69 Å². The van der Waals surface area contributed by atoms with Crippen molar-refractivity contribution in [1.29, 1.82) is 0 Å². The number of rotatable bonds is 4. The first-order chi connectivity index (χ1) is 8.98. The van der Waals surface area contributed by atoms with Gasteiger partial charge in [-0.05, 0) is 36.0 Å². The Kier molecular flexibility index (Phi) is 4.00. The second-order valence-electron chi connectivity index (χ2n) is 6.09. The van der Waals surface area contributed by atoms with E-state index < -0.39 is 0 Å². The molecule has 1 aromatic heterocycles. The van der Waals surface area contributed by atoms with Crippen molar-refractivity contribution in [3.63, 3.8) is 0 Å². The van der Waals surface area contributed by atoms with E-state index in [0.717, 1.165) is 12.1 Å². The molecule has 0 saturated carbocycles. The summed E-state index contributed by atoms with van der Waals surface area (Å²) in [5.41, 5.74) is 3.37. The van der Waals surface area contributed by atoms with Crippen molar-refractivity contribution < 1.29 is 9.79 Å². The number of aliphatic hydroxyl groups is 1. The monoisotopic (exact) mass is 260 g/mol. The number of aryl methyl sites for hydroxylation is 1. The van der Waals surface area contributed by atoms with Crippen LogP contribution in [-0.2, 0) is 13.0 Å². The average molecular weight is 260 g/mol. The molecule has 2 rings (SSSR count). The van der Waals surface area contributed by atoms with Crippen LogP contribution in [0.2, 0.25) is 0 Å². The average Bonchev–Trinajstić information content (AvgIpc) is 2.85. The third-order valence-corrected chi connectivity index (χ3v) is 3.12. The molecule has 0 aliphatic rings. The first-order valence-corrected chi connectivity index (χ1v) is 6.64. The van der Waals surface area contributed by atoms with Crippen molar-refractivity contribution in [2.75, 3.05) is 0 Å². The molecule has 1 heterocycles. The molecule has 19 heavy (non-hydrogen) atoms. The van der Waals surface area contributed by atoms with E-state index in [2.05, 4.69) is 55.3 Å². The van der Waals surface area contributed by atoms with Crippen LogP contribution in [0.1, 0.15) is 38.4 Å². The van der Waals surface area contributed by atoms with Gasteiger partial charge in [0.15, 0.2) is 11.9 Å². The summed E-state index contributed by atoms with van der Waals surface area (Å²) >= 11 is 0. The summed E-state index contributed by atoms with van der Waals surface area (Å²) in [5.74, 6) is 0. The zero-order chi connectivity index (χ0) is 13.9. The topological polar surface area (TPSA) is 52.8 Å². The molecule has 0 saturated heterocycles. The van der Waals surface area contributed by atoms with Crippen LogP contribution in [0, 0.1) is 5.41 Å². The lowest BCUT2D eigenvalue weighted by molar-refractivity contribution is -0.659. The van der Waals surface area contributed by atoms with E-state index in [1.165, 1.54) is 12.0 Å². The van der Waals surface area contributed by atoms with E-state index >= 15 is 0 Å². The van der Waals surface area contributed by atoms with Gasteiger partial charge in [-0.3, -0.25) is 0 Å². The Bertz CT molecular complexity index is 523. The van der Waals surface area contributed by atoms with E-state index in [1.54, 1.807) is 10.9 Å². The molecule has 0 fully saturated rings. The molecule has 2 aromatic rings. The summed E-state index contributed by atoms with van der Waals surface area (Å²) in [4.78, 5) is 0. The van der Waals surface area contributed by atoms with E-state index in [9.17, 15) is 0 Å². The number of aliphatic hydroxyl groups excluding tert-OH is 1. The molecule has 4 nitrogen and oxygen atoms in total. The van der Waals surface area contributed by atoms with Gasteiger partial charge in [0, 0.05) is 5.10 Å². The minimum atomic E-state index is -0.0484. The van der Waals surface area contributed by atoms with Crippen LogP contribution >= 0.6 is 0 Å². The maximum Gasteiger partial charge on any atom is 0.244 e. The van der Waals surface area contributed by atoms with Gasteiger partial charge in [-0.1, -0.05) is 38.1 Å². The van der Waals surface area contributed by atoms with Gasteiger partial charge >= 0.3 is 0 Å². The van der Waals surface area contributed by atoms with Crippen molar-refractivity contribution in [2.45, 2.75) is 40.2 Å². The molecule has 0 unspecified atom stereocenters. The van der Waals surface area contributed by atoms with Gasteiger partial charge in [0.05, 0.1) is 0 Å². The highest BCUT2D eigenvalue weighted by Crippen LogP contribution is 2.21. The van der Waals surface area contributed by atoms with Crippen molar-refractivity contribution in [2.24, 2.45) is 5.41 Å². The minimum absolute atomic E-state index is 0.0484. The SMILES string of the molecule is CC(C)(C)CCc1ccc(-[n+]2cc(CO)n[nH]2)cc1. The smallest absolute Gasteiger partial charge is 0.244 e. The van der Waals surface area contributed by atoms with E-state index in [4.69, 9.17) is 5.11 Å². The summed E-state index contributed by atoms with van der Waals surface area (Å²) in [6.07, 6.45) is 4.07. The third-order valence-electron chi connectivity index (χ3n) is 3.12. The molecule has 0 amide bonds. The van der Waals surface area contributed by atoms with Crippen LogP contribution in [0.4, 0.5) is 0 Å². The quantitative estimate of drug-likeness (QED) is 0.828. The molecule has 0 bridgehead atoms. The van der Waals surface area contributed by atoms with E-state index in [1.807, 2.05) is 0 Å². The standard InChI is InChI=1S/C15H21N3O/c1-15(2,3)9-8-12-4-6-14(7-5-12)18-10-13(11-19)16-17-18/h4-7,10,19H,8-9,11H2,1-3H3/p+1. The molecule has 0 aliphatic heterocycles. The van der Waals surface area contributed by atoms with Gasteiger partial charge in [0.25, 0.3) is 0 Å². The zero-order valence-corrected chi connectivity index (χ0v) is 11.8. The number of hydrogen-bond acceptors (Lipinski definition) is 2. The van der Waals surface area contributed by atoms with Crippen LogP contribution in [0.15, 0.2) is 30.5 Å². The number of aromatic nitrogens is 3. The second-order valence-corrected chi connectivity index (χ2v) is 6.09. The summed E-state index contributed by atoms with van der Waals surface area (Å²) in [5, 5.41) is 15.8. The number of benzene rings is 1. The van der Waals surface area contributed by atoms with Crippen molar-refractivity contribution in [3.05, 3.63) is 41.7 Å². The highest BCUT2D eigenvalue weighted by molar-refractivity contribution is 5.27. The predicted octanol–water partition coefficient (Wildman–Crippen LogP) is 2.16. The Morgan fingerprint density at radius 2 is 1.89 bits per heavy atom. The third kappa shape index (κ3) is 3.89. The number of nitrogens with one attached hydrogen (secondary N) is 1. The first kappa shape index (κ1) is 13.7. The normalized spacial score (nSPS) is 11.8. The number of H-pyrrole nitrogens is 1. The van der Waals surface area contributed by atoms with Crippen molar-refractivity contribution >= 4 is 0 Å². The lowest BCUT2D eigenvalue weighted by atomic mass is 9.89. The highest BCUT2D eigenvalue weighted by Gasteiger charge is 2.11. The Morgan fingerprint density at radius 1 is 1.21 bits per heavy atom. The lowest BCUT2D eigenvalue weighted by Crippen LogP contribution is -2.31. The van der Waals surface area contributed by atoms with Crippen molar-refractivity contribution in [3.8, 4) is 5.69 Å². The molecular formula is C15H22N3O+. The molecule has 2 N–H and O–H groups in total. The minimum Gasteiger partial charge on any atom is -0.387 e.